The van der Waals surface area contributed by atoms with Gasteiger partial charge < -0.3 is 4.90 Å². The lowest BCUT2D eigenvalue weighted by Gasteiger charge is -2.44. The molecule has 3 nitrogen and oxygen atoms in total. The van der Waals surface area contributed by atoms with Gasteiger partial charge in [0.1, 0.15) is 0 Å². The number of carbonyl (C=O) groups is 1. The number of fused-ring (bicyclic) bond motifs is 1. The van der Waals surface area contributed by atoms with Crippen LogP contribution in [0.3, 0.4) is 0 Å². The van der Waals surface area contributed by atoms with E-state index in [1.807, 2.05) is 17.5 Å². The summed E-state index contributed by atoms with van der Waals surface area (Å²) in [5.41, 5.74) is 0. The normalized spacial score (nSPS) is 24.5. The zero-order valence-corrected chi connectivity index (χ0v) is 12.9. The number of hydrogen-bond donors (Lipinski definition) is 0. The number of piperidine rings is 1. The first-order valence-electron chi connectivity index (χ1n) is 7.86. The Hall–Kier alpha value is -0.710. The number of Topliss-reactive ketones (excluding diaryl/α,β-unsaturated/α-hetero) is 1. The summed E-state index contributed by atoms with van der Waals surface area (Å²) in [6.45, 7) is 6.01. The van der Waals surface area contributed by atoms with E-state index in [2.05, 4.69) is 9.80 Å². The van der Waals surface area contributed by atoms with E-state index in [-0.39, 0.29) is 0 Å². The van der Waals surface area contributed by atoms with Gasteiger partial charge in [-0.3, -0.25) is 9.69 Å². The van der Waals surface area contributed by atoms with Crippen LogP contribution in [0.15, 0.2) is 17.5 Å². The Morgan fingerprint density at radius 1 is 1.30 bits per heavy atom. The summed E-state index contributed by atoms with van der Waals surface area (Å²) in [5, 5.41) is 1.98. The smallest absolute Gasteiger partial charge is 0.172 e. The van der Waals surface area contributed by atoms with Gasteiger partial charge in [0.05, 0.1) is 4.88 Å². The first kappa shape index (κ1) is 14.2. The standard InChI is InChI=1S/C16H24N2OS/c19-15(16-7-4-12-20-16)6-3-8-17-10-11-18-9-2-1-5-14(18)13-17/h4,7,12,14H,1-3,5-6,8-11,13H2. The maximum Gasteiger partial charge on any atom is 0.172 e. The summed E-state index contributed by atoms with van der Waals surface area (Å²) in [5.74, 6) is 0.316. The number of ketones is 1. The van der Waals surface area contributed by atoms with E-state index in [9.17, 15) is 4.79 Å². The Morgan fingerprint density at radius 3 is 3.10 bits per heavy atom. The van der Waals surface area contributed by atoms with Crippen LogP contribution in [-0.4, -0.2) is 54.3 Å². The van der Waals surface area contributed by atoms with Gasteiger partial charge in [-0.25, -0.2) is 0 Å². The van der Waals surface area contributed by atoms with Gasteiger partial charge >= 0.3 is 0 Å². The summed E-state index contributed by atoms with van der Waals surface area (Å²) >= 11 is 1.56. The Morgan fingerprint density at radius 2 is 2.25 bits per heavy atom. The fourth-order valence-corrected chi connectivity index (χ4v) is 4.14. The molecular formula is C16H24N2OS. The lowest BCUT2D eigenvalue weighted by Crippen LogP contribution is -2.54. The van der Waals surface area contributed by atoms with Gasteiger partial charge in [-0.05, 0) is 43.8 Å². The zero-order chi connectivity index (χ0) is 13.8. The van der Waals surface area contributed by atoms with Gasteiger partial charge in [0.15, 0.2) is 5.78 Å². The average Bonchev–Trinajstić information content (AvgIpc) is 3.01. The molecule has 2 aliphatic heterocycles. The molecule has 0 amide bonds. The number of carbonyl (C=O) groups excluding carboxylic acids is 1. The van der Waals surface area contributed by atoms with Crippen molar-refractivity contribution in [1.29, 1.82) is 0 Å². The third-order valence-electron chi connectivity index (χ3n) is 4.60. The van der Waals surface area contributed by atoms with Crippen molar-refractivity contribution in [1.82, 2.24) is 9.80 Å². The first-order chi connectivity index (χ1) is 9.83. The van der Waals surface area contributed by atoms with Crippen molar-refractivity contribution >= 4 is 17.1 Å². The lowest BCUT2D eigenvalue weighted by atomic mass is 9.99. The van der Waals surface area contributed by atoms with Gasteiger partial charge in [-0.1, -0.05) is 12.5 Å². The van der Waals surface area contributed by atoms with Gasteiger partial charge in [0.2, 0.25) is 0 Å². The SMILES string of the molecule is O=C(CCCN1CCN2CCCCC2C1)c1cccs1. The van der Waals surface area contributed by atoms with Gasteiger partial charge in [0, 0.05) is 32.1 Å². The molecule has 20 heavy (non-hydrogen) atoms. The molecule has 1 aromatic heterocycles. The van der Waals surface area contributed by atoms with E-state index in [1.54, 1.807) is 11.3 Å². The van der Waals surface area contributed by atoms with Crippen molar-refractivity contribution in [2.75, 3.05) is 32.7 Å². The van der Waals surface area contributed by atoms with E-state index >= 15 is 0 Å². The molecule has 3 rings (SSSR count). The largest absolute Gasteiger partial charge is 0.300 e. The van der Waals surface area contributed by atoms with Crippen LogP contribution in [0.5, 0.6) is 0 Å². The van der Waals surface area contributed by atoms with Crippen LogP contribution in [0.1, 0.15) is 41.8 Å². The molecule has 0 spiro atoms. The van der Waals surface area contributed by atoms with Crippen LogP contribution in [0.4, 0.5) is 0 Å². The number of nitrogens with zero attached hydrogens (tertiary/aromatic N) is 2. The molecule has 2 saturated heterocycles. The van der Waals surface area contributed by atoms with Crippen LogP contribution >= 0.6 is 11.3 Å². The average molecular weight is 292 g/mol. The number of thiophene rings is 1. The Bertz CT molecular complexity index is 432. The van der Waals surface area contributed by atoms with Crippen molar-refractivity contribution < 1.29 is 4.79 Å². The first-order valence-corrected chi connectivity index (χ1v) is 8.74. The van der Waals surface area contributed by atoms with E-state index in [0.717, 1.165) is 23.9 Å². The lowest BCUT2D eigenvalue weighted by molar-refractivity contribution is 0.0485. The van der Waals surface area contributed by atoms with Crippen LogP contribution in [-0.2, 0) is 0 Å². The minimum absolute atomic E-state index is 0.316. The maximum absolute atomic E-state index is 12.0. The predicted molar refractivity (Wildman–Crippen MR) is 83.5 cm³/mol. The summed E-state index contributed by atoms with van der Waals surface area (Å²) in [4.78, 5) is 18.1. The van der Waals surface area contributed by atoms with Gasteiger partial charge in [-0.15, -0.1) is 11.3 Å². The van der Waals surface area contributed by atoms with E-state index in [0.29, 0.717) is 12.2 Å². The van der Waals surface area contributed by atoms with Crippen LogP contribution in [0.25, 0.3) is 0 Å². The molecule has 0 aromatic carbocycles. The zero-order valence-electron chi connectivity index (χ0n) is 12.1. The van der Waals surface area contributed by atoms with Gasteiger partial charge in [0.25, 0.3) is 0 Å². The molecule has 0 N–H and O–H groups in total. The van der Waals surface area contributed by atoms with E-state index < -0.39 is 0 Å². The van der Waals surface area contributed by atoms with Crippen molar-refractivity contribution in [2.24, 2.45) is 0 Å². The van der Waals surface area contributed by atoms with E-state index in [4.69, 9.17) is 0 Å². The Balaban J connectivity index is 1.39. The summed E-state index contributed by atoms with van der Waals surface area (Å²) < 4.78 is 0. The molecule has 0 saturated carbocycles. The fourth-order valence-electron chi connectivity index (χ4n) is 3.45. The highest BCUT2D eigenvalue weighted by molar-refractivity contribution is 7.12. The summed E-state index contributed by atoms with van der Waals surface area (Å²) in [6.07, 6.45) is 5.84. The van der Waals surface area contributed by atoms with Crippen molar-refractivity contribution in [2.45, 2.75) is 38.1 Å². The number of rotatable bonds is 5. The third-order valence-corrected chi connectivity index (χ3v) is 5.51. The highest BCUT2D eigenvalue weighted by atomic mass is 32.1. The van der Waals surface area contributed by atoms with Crippen LogP contribution < -0.4 is 0 Å². The molecule has 1 aromatic rings. The van der Waals surface area contributed by atoms with Crippen LogP contribution in [0.2, 0.25) is 0 Å². The Kier molecular flexibility index (Phi) is 4.86. The minimum Gasteiger partial charge on any atom is -0.300 e. The molecule has 0 bridgehead atoms. The third kappa shape index (κ3) is 3.48. The molecule has 1 unspecified atom stereocenters. The summed E-state index contributed by atoms with van der Waals surface area (Å²) in [7, 11) is 0. The molecule has 4 heteroatoms. The highest BCUT2D eigenvalue weighted by Gasteiger charge is 2.28. The quantitative estimate of drug-likeness (QED) is 0.780. The highest BCUT2D eigenvalue weighted by Crippen LogP contribution is 2.21. The molecular weight excluding hydrogens is 268 g/mol. The second-order valence-electron chi connectivity index (χ2n) is 5.99. The van der Waals surface area contributed by atoms with Crippen LogP contribution in [0, 0.1) is 0 Å². The maximum atomic E-state index is 12.0. The monoisotopic (exact) mass is 292 g/mol. The second kappa shape index (κ2) is 6.83. The molecule has 0 aliphatic carbocycles. The number of piperazine rings is 1. The molecule has 0 radical (unpaired) electrons. The van der Waals surface area contributed by atoms with Crippen molar-refractivity contribution in [3.05, 3.63) is 22.4 Å². The molecule has 2 fully saturated rings. The molecule has 3 heterocycles. The summed E-state index contributed by atoms with van der Waals surface area (Å²) in [6, 6.07) is 4.68. The topological polar surface area (TPSA) is 23.6 Å². The minimum atomic E-state index is 0.316. The second-order valence-corrected chi connectivity index (χ2v) is 6.94. The number of hydrogen-bond acceptors (Lipinski definition) is 4. The molecule has 2 aliphatic rings. The fraction of sp³-hybridized carbons (Fsp3) is 0.688. The van der Waals surface area contributed by atoms with Crippen molar-refractivity contribution in [3.8, 4) is 0 Å². The molecule has 110 valence electrons. The van der Waals surface area contributed by atoms with Gasteiger partial charge in [-0.2, -0.15) is 0 Å². The Labute approximate surface area is 125 Å². The van der Waals surface area contributed by atoms with E-state index in [1.165, 1.54) is 45.4 Å². The molecule has 1 atom stereocenters. The van der Waals surface area contributed by atoms with Crippen molar-refractivity contribution in [3.63, 3.8) is 0 Å². The predicted octanol–water partition coefficient (Wildman–Crippen LogP) is 2.88.